The number of methoxy groups -OCH3 is 1. The first-order valence-electron chi connectivity index (χ1n) is 4.72. The number of rotatable bonds is 2. The Balaban J connectivity index is 2.39. The summed E-state index contributed by atoms with van der Waals surface area (Å²) in [5.74, 6) is 0.556. The minimum atomic E-state index is -0.594. The van der Waals surface area contributed by atoms with Gasteiger partial charge in [0.15, 0.2) is 0 Å². The molecule has 0 N–H and O–H groups in total. The van der Waals surface area contributed by atoms with Gasteiger partial charge in [-0.2, -0.15) is 10.5 Å². The average molecular weight is 198 g/mol. The normalized spacial score (nSPS) is 27.5. The summed E-state index contributed by atoms with van der Waals surface area (Å²) in [6, 6.07) is 11.8. The number of hydrogen-bond acceptors (Lipinski definition) is 3. The molecule has 0 radical (unpaired) electrons. The third-order valence-electron chi connectivity index (χ3n) is 2.90. The molecule has 0 bridgehead atoms. The maximum absolute atomic E-state index is 9.13. The van der Waals surface area contributed by atoms with Crippen molar-refractivity contribution in [2.75, 3.05) is 7.11 Å². The van der Waals surface area contributed by atoms with Crippen molar-refractivity contribution in [1.29, 1.82) is 10.5 Å². The lowest BCUT2D eigenvalue weighted by Gasteiger charge is -2.08. The fraction of sp³-hybridized carbons (Fsp3) is 0.333. The van der Waals surface area contributed by atoms with Gasteiger partial charge in [-0.25, -0.2) is 0 Å². The molecule has 0 aliphatic heterocycles. The highest BCUT2D eigenvalue weighted by Crippen LogP contribution is 2.53. The molecule has 1 aromatic carbocycles. The Morgan fingerprint density at radius 2 is 2.27 bits per heavy atom. The van der Waals surface area contributed by atoms with E-state index in [4.69, 9.17) is 15.3 Å². The Hall–Kier alpha value is -2.00. The largest absolute Gasteiger partial charge is 0.497 e. The molecule has 1 aromatic rings. The molecule has 15 heavy (non-hydrogen) atoms. The molecular weight excluding hydrogens is 188 g/mol. The Bertz CT molecular complexity index is 469. The van der Waals surface area contributed by atoms with Crippen LogP contribution in [0.3, 0.4) is 0 Å². The zero-order chi connectivity index (χ0) is 10.9. The first-order chi connectivity index (χ1) is 7.26. The van der Waals surface area contributed by atoms with Crippen LogP contribution in [0.25, 0.3) is 0 Å². The third kappa shape index (κ3) is 1.33. The van der Waals surface area contributed by atoms with Crippen molar-refractivity contribution < 1.29 is 4.74 Å². The summed E-state index contributed by atoms with van der Waals surface area (Å²) in [4.78, 5) is 0. The van der Waals surface area contributed by atoms with E-state index in [1.165, 1.54) is 0 Å². The molecule has 3 nitrogen and oxygen atoms in total. The van der Waals surface area contributed by atoms with Crippen molar-refractivity contribution in [1.82, 2.24) is 0 Å². The summed E-state index contributed by atoms with van der Waals surface area (Å²) in [5.41, 5.74) is 0.291. The van der Waals surface area contributed by atoms with Gasteiger partial charge in [-0.15, -0.1) is 0 Å². The second-order valence-electron chi connectivity index (χ2n) is 3.70. The van der Waals surface area contributed by atoms with Gasteiger partial charge >= 0.3 is 0 Å². The van der Waals surface area contributed by atoms with Crippen LogP contribution in [0.2, 0.25) is 0 Å². The van der Waals surface area contributed by atoms with Crippen LogP contribution in [0, 0.1) is 28.6 Å². The second-order valence-corrected chi connectivity index (χ2v) is 3.70. The summed E-state index contributed by atoms with van der Waals surface area (Å²) < 4.78 is 5.10. The summed E-state index contributed by atoms with van der Waals surface area (Å²) in [6.45, 7) is 0. The SMILES string of the molecule is COc1cccc(C2(C#N)CC2C#N)c1. The highest BCUT2D eigenvalue weighted by atomic mass is 16.5. The molecule has 0 aromatic heterocycles. The standard InChI is InChI=1S/C12H10N2O/c1-15-11-4-2-3-9(5-11)12(8-14)6-10(12)7-13/h2-5,10H,6H2,1H3. The van der Waals surface area contributed by atoms with E-state index in [0.717, 1.165) is 11.3 Å². The van der Waals surface area contributed by atoms with Gasteiger partial charge in [-0.3, -0.25) is 0 Å². The van der Waals surface area contributed by atoms with Gasteiger partial charge in [0.2, 0.25) is 0 Å². The number of nitriles is 2. The first kappa shape index (κ1) is 9.55. The summed E-state index contributed by atoms with van der Waals surface area (Å²) in [6.07, 6.45) is 0.632. The number of ether oxygens (including phenoxy) is 1. The number of nitrogens with zero attached hydrogens (tertiary/aromatic N) is 2. The molecule has 2 rings (SSSR count). The van der Waals surface area contributed by atoms with Gasteiger partial charge in [-0.1, -0.05) is 12.1 Å². The van der Waals surface area contributed by atoms with Crippen LogP contribution in [0.1, 0.15) is 12.0 Å². The van der Waals surface area contributed by atoms with E-state index in [1.54, 1.807) is 7.11 Å². The van der Waals surface area contributed by atoms with Gasteiger partial charge in [0.25, 0.3) is 0 Å². The molecule has 2 unspecified atom stereocenters. The fourth-order valence-corrected chi connectivity index (χ4v) is 1.83. The molecule has 1 aliphatic carbocycles. The highest BCUT2D eigenvalue weighted by Gasteiger charge is 2.57. The van der Waals surface area contributed by atoms with Crippen LogP contribution in [-0.2, 0) is 5.41 Å². The van der Waals surface area contributed by atoms with Crippen molar-refractivity contribution in [3.63, 3.8) is 0 Å². The van der Waals surface area contributed by atoms with Crippen LogP contribution in [0.15, 0.2) is 24.3 Å². The fourth-order valence-electron chi connectivity index (χ4n) is 1.83. The van der Waals surface area contributed by atoms with Gasteiger partial charge in [0.05, 0.1) is 30.6 Å². The number of hydrogen-bond donors (Lipinski definition) is 0. The lowest BCUT2D eigenvalue weighted by Crippen LogP contribution is -2.06. The maximum Gasteiger partial charge on any atom is 0.119 e. The zero-order valence-corrected chi connectivity index (χ0v) is 8.40. The van der Waals surface area contributed by atoms with E-state index in [1.807, 2.05) is 24.3 Å². The minimum Gasteiger partial charge on any atom is -0.497 e. The molecule has 1 aliphatic rings. The molecule has 3 heteroatoms. The molecule has 0 heterocycles. The van der Waals surface area contributed by atoms with E-state index in [9.17, 15) is 0 Å². The Morgan fingerprint density at radius 3 is 2.80 bits per heavy atom. The van der Waals surface area contributed by atoms with E-state index < -0.39 is 5.41 Å². The van der Waals surface area contributed by atoms with E-state index >= 15 is 0 Å². The Kier molecular flexibility index (Phi) is 2.10. The predicted molar refractivity (Wildman–Crippen MR) is 54.0 cm³/mol. The van der Waals surface area contributed by atoms with Gasteiger partial charge in [0, 0.05) is 0 Å². The van der Waals surface area contributed by atoms with Gasteiger partial charge < -0.3 is 4.74 Å². The Labute approximate surface area is 88.5 Å². The van der Waals surface area contributed by atoms with Gasteiger partial charge in [-0.05, 0) is 24.1 Å². The first-order valence-corrected chi connectivity index (χ1v) is 4.72. The van der Waals surface area contributed by atoms with E-state index in [0.29, 0.717) is 6.42 Å². The van der Waals surface area contributed by atoms with Crippen molar-refractivity contribution in [2.45, 2.75) is 11.8 Å². The van der Waals surface area contributed by atoms with Gasteiger partial charge in [0.1, 0.15) is 5.75 Å². The molecule has 0 saturated heterocycles. The van der Waals surface area contributed by atoms with Crippen molar-refractivity contribution in [2.24, 2.45) is 5.92 Å². The van der Waals surface area contributed by atoms with E-state index in [-0.39, 0.29) is 5.92 Å². The monoisotopic (exact) mass is 198 g/mol. The molecular formula is C12H10N2O. The van der Waals surface area contributed by atoms with Crippen molar-refractivity contribution >= 4 is 0 Å². The summed E-state index contributed by atoms with van der Waals surface area (Å²) in [7, 11) is 1.59. The second kappa shape index (κ2) is 3.29. The molecule has 1 saturated carbocycles. The van der Waals surface area contributed by atoms with Crippen LogP contribution in [-0.4, -0.2) is 7.11 Å². The third-order valence-corrected chi connectivity index (χ3v) is 2.90. The lowest BCUT2D eigenvalue weighted by atomic mass is 9.95. The summed E-state index contributed by atoms with van der Waals surface area (Å²) >= 11 is 0. The quantitative estimate of drug-likeness (QED) is 0.730. The highest BCUT2D eigenvalue weighted by molar-refractivity contribution is 5.47. The van der Waals surface area contributed by atoms with Crippen LogP contribution in [0.4, 0.5) is 0 Å². The number of benzene rings is 1. The molecule has 0 amide bonds. The Morgan fingerprint density at radius 1 is 1.47 bits per heavy atom. The average Bonchev–Trinajstić information content (AvgIpc) is 3.04. The van der Waals surface area contributed by atoms with Crippen LogP contribution >= 0.6 is 0 Å². The smallest absolute Gasteiger partial charge is 0.119 e. The van der Waals surface area contributed by atoms with Crippen LogP contribution in [0.5, 0.6) is 5.75 Å². The predicted octanol–water partition coefficient (Wildman–Crippen LogP) is 2.00. The maximum atomic E-state index is 9.13. The summed E-state index contributed by atoms with van der Waals surface area (Å²) in [5, 5.41) is 18.0. The topological polar surface area (TPSA) is 56.8 Å². The minimum absolute atomic E-state index is 0.172. The van der Waals surface area contributed by atoms with Crippen LogP contribution < -0.4 is 4.74 Å². The zero-order valence-electron chi connectivity index (χ0n) is 8.40. The molecule has 74 valence electrons. The van der Waals surface area contributed by atoms with Crippen molar-refractivity contribution in [3.8, 4) is 17.9 Å². The van der Waals surface area contributed by atoms with Crippen molar-refractivity contribution in [3.05, 3.63) is 29.8 Å². The molecule has 2 atom stereocenters. The molecule has 0 spiro atoms. The van der Waals surface area contributed by atoms with E-state index in [2.05, 4.69) is 12.1 Å². The molecule has 1 fully saturated rings. The lowest BCUT2D eigenvalue weighted by molar-refractivity contribution is 0.414.